The Labute approximate surface area is 56.8 Å². The molecule has 1 rings (SSSR count). The van der Waals surface area contributed by atoms with Gasteiger partial charge in [-0.25, -0.2) is 0 Å². The fourth-order valence-electron chi connectivity index (χ4n) is 1.24. The molecule has 0 aromatic rings. The normalized spacial score (nSPS) is 27.7. The summed E-state index contributed by atoms with van der Waals surface area (Å²) in [5.74, 6) is 0.792. The van der Waals surface area contributed by atoms with Crippen LogP contribution < -0.4 is 0 Å². The van der Waals surface area contributed by atoms with E-state index in [-0.39, 0.29) is 0 Å². The van der Waals surface area contributed by atoms with Crippen LogP contribution in [-0.2, 0) is 4.74 Å². The Morgan fingerprint density at radius 2 is 2.33 bits per heavy atom. The van der Waals surface area contributed by atoms with Gasteiger partial charge in [-0.15, -0.1) is 0 Å². The molecule has 0 N–H and O–H groups in total. The molecule has 1 aliphatic rings. The fourth-order valence-corrected chi connectivity index (χ4v) is 1.24. The van der Waals surface area contributed by atoms with Crippen molar-refractivity contribution in [2.75, 3.05) is 33.9 Å². The van der Waals surface area contributed by atoms with Crippen LogP contribution in [0.15, 0.2) is 0 Å². The van der Waals surface area contributed by atoms with Crippen LogP contribution in [0.4, 0.5) is 0 Å². The van der Waals surface area contributed by atoms with Gasteiger partial charge in [-0.05, 0) is 26.4 Å². The lowest BCUT2D eigenvalue weighted by Gasteiger charge is -2.13. The van der Waals surface area contributed by atoms with Crippen molar-refractivity contribution in [3.05, 3.63) is 0 Å². The molecule has 9 heavy (non-hydrogen) atoms. The van der Waals surface area contributed by atoms with Crippen molar-refractivity contribution in [3.63, 3.8) is 0 Å². The zero-order chi connectivity index (χ0) is 6.69. The number of hydrogen-bond donors (Lipinski definition) is 0. The van der Waals surface area contributed by atoms with Crippen LogP contribution in [0.25, 0.3) is 0 Å². The quantitative estimate of drug-likeness (QED) is 0.541. The Kier molecular flexibility index (Phi) is 2.49. The SMILES string of the molecule is CN(C)CC1CCOC1. The molecule has 1 saturated heterocycles. The van der Waals surface area contributed by atoms with E-state index in [4.69, 9.17) is 4.74 Å². The summed E-state index contributed by atoms with van der Waals surface area (Å²) >= 11 is 0. The summed E-state index contributed by atoms with van der Waals surface area (Å²) in [6, 6.07) is 0. The van der Waals surface area contributed by atoms with Gasteiger partial charge >= 0.3 is 0 Å². The molecule has 0 aliphatic carbocycles. The van der Waals surface area contributed by atoms with Crippen molar-refractivity contribution >= 4 is 0 Å². The van der Waals surface area contributed by atoms with Crippen molar-refractivity contribution in [1.29, 1.82) is 0 Å². The van der Waals surface area contributed by atoms with Crippen molar-refractivity contribution in [2.45, 2.75) is 6.42 Å². The summed E-state index contributed by atoms with van der Waals surface area (Å²) in [5, 5.41) is 0. The minimum Gasteiger partial charge on any atom is -0.381 e. The molecule has 1 unspecified atom stereocenters. The van der Waals surface area contributed by atoms with E-state index in [2.05, 4.69) is 19.0 Å². The highest BCUT2D eigenvalue weighted by molar-refractivity contribution is 4.65. The standard InChI is InChI=1S/C7H15NO/c1-8(2)5-7-3-4-9-6-7/h7H,3-6H2,1-2H3. The fraction of sp³-hybridized carbons (Fsp3) is 1.00. The Morgan fingerprint density at radius 3 is 2.78 bits per heavy atom. The van der Waals surface area contributed by atoms with Gasteiger partial charge in [0.05, 0.1) is 6.61 Å². The predicted octanol–water partition coefficient (Wildman–Crippen LogP) is 0.585. The number of ether oxygens (including phenoxy) is 1. The zero-order valence-corrected chi connectivity index (χ0v) is 6.26. The van der Waals surface area contributed by atoms with E-state index in [1.807, 2.05) is 0 Å². The van der Waals surface area contributed by atoms with E-state index in [0.29, 0.717) is 0 Å². The third-order valence-electron chi connectivity index (χ3n) is 1.65. The lowest BCUT2D eigenvalue weighted by Crippen LogP contribution is -2.21. The zero-order valence-electron chi connectivity index (χ0n) is 6.26. The maximum Gasteiger partial charge on any atom is 0.0507 e. The topological polar surface area (TPSA) is 12.5 Å². The van der Waals surface area contributed by atoms with Crippen molar-refractivity contribution in [2.24, 2.45) is 5.92 Å². The Bertz CT molecular complexity index is 77.0. The molecule has 0 radical (unpaired) electrons. The second-order valence-electron chi connectivity index (χ2n) is 2.99. The second-order valence-corrected chi connectivity index (χ2v) is 2.99. The van der Waals surface area contributed by atoms with Crippen LogP contribution in [0.5, 0.6) is 0 Å². The van der Waals surface area contributed by atoms with Gasteiger partial charge in [0.25, 0.3) is 0 Å². The molecule has 0 bridgehead atoms. The van der Waals surface area contributed by atoms with E-state index in [1.165, 1.54) is 13.0 Å². The van der Waals surface area contributed by atoms with E-state index in [1.54, 1.807) is 0 Å². The van der Waals surface area contributed by atoms with Crippen molar-refractivity contribution < 1.29 is 4.74 Å². The molecule has 0 spiro atoms. The smallest absolute Gasteiger partial charge is 0.0507 e. The van der Waals surface area contributed by atoms with E-state index in [9.17, 15) is 0 Å². The lowest BCUT2D eigenvalue weighted by molar-refractivity contribution is 0.178. The molecule has 0 aromatic heterocycles. The Hall–Kier alpha value is -0.0800. The molecule has 2 heteroatoms. The summed E-state index contributed by atoms with van der Waals surface area (Å²) in [6.45, 7) is 3.12. The van der Waals surface area contributed by atoms with Gasteiger partial charge < -0.3 is 9.64 Å². The van der Waals surface area contributed by atoms with Gasteiger partial charge in [0.15, 0.2) is 0 Å². The summed E-state index contributed by atoms with van der Waals surface area (Å²) in [7, 11) is 4.22. The highest BCUT2D eigenvalue weighted by atomic mass is 16.5. The first kappa shape index (κ1) is 7.03. The number of hydrogen-bond acceptors (Lipinski definition) is 2. The van der Waals surface area contributed by atoms with E-state index in [0.717, 1.165) is 19.1 Å². The van der Waals surface area contributed by atoms with Crippen LogP contribution in [-0.4, -0.2) is 38.8 Å². The molecule has 0 aromatic carbocycles. The maximum atomic E-state index is 5.23. The van der Waals surface area contributed by atoms with Gasteiger partial charge in [-0.1, -0.05) is 0 Å². The number of rotatable bonds is 2. The first-order valence-electron chi connectivity index (χ1n) is 3.51. The van der Waals surface area contributed by atoms with E-state index >= 15 is 0 Å². The minimum atomic E-state index is 0.792. The lowest BCUT2D eigenvalue weighted by atomic mass is 10.1. The van der Waals surface area contributed by atoms with Crippen molar-refractivity contribution in [3.8, 4) is 0 Å². The molecule has 1 aliphatic heterocycles. The molecule has 54 valence electrons. The Morgan fingerprint density at radius 1 is 1.56 bits per heavy atom. The summed E-state index contributed by atoms with van der Waals surface area (Å²) in [6.07, 6.45) is 1.25. The van der Waals surface area contributed by atoms with Gasteiger partial charge in [-0.3, -0.25) is 0 Å². The molecule has 2 nitrogen and oxygen atoms in total. The summed E-state index contributed by atoms with van der Waals surface area (Å²) < 4.78 is 5.23. The molecular weight excluding hydrogens is 114 g/mol. The molecule has 1 fully saturated rings. The average molecular weight is 129 g/mol. The average Bonchev–Trinajstić information content (AvgIpc) is 2.15. The monoisotopic (exact) mass is 129 g/mol. The van der Waals surface area contributed by atoms with Crippen LogP contribution >= 0.6 is 0 Å². The third-order valence-corrected chi connectivity index (χ3v) is 1.65. The first-order valence-corrected chi connectivity index (χ1v) is 3.51. The second kappa shape index (κ2) is 3.18. The summed E-state index contributed by atoms with van der Waals surface area (Å²) in [4.78, 5) is 2.22. The maximum absolute atomic E-state index is 5.23. The summed E-state index contributed by atoms with van der Waals surface area (Å²) in [5.41, 5.74) is 0. The van der Waals surface area contributed by atoms with Crippen molar-refractivity contribution in [1.82, 2.24) is 4.90 Å². The third kappa shape index (κ3) is 2.33. The number of nitrogens with zero attached hydrogens (tertiary/aromatic N) is 1. The van der Waals surface area contributed by atoms with Crippen LogP contribution in [0.2, 0.25) is 0 Å². The first-order chi connectivity index (χ1) is 4.29. The van der Waals surface area contributed by atoms with E-state index < -0.39 is 0 Å². The molecule has 1 atom stereocenters. The van der Waals surface area contributed by atoms with Crippen LogP contribution in [0.1, 0.15) is 6.42 Å². The molecular formula is C7H15NO. The van der Waals surface area contributed by atoms with Crippen LogP contribution in [0.3, 0.4) is 0 Å². The highest BCUT2D eigenvalue weighted by Gasteiger charge is 2.15. The molecule has 0 amide bonds. The Balaban J connectivity index is 2.11. The van der Waals surface area contributed by atoms with Gasteiger partial charge in [0.1, 0.15) is 0 Å². The highest BCUT2D eigenvalue weighted by Crippen LogP contribution is 2.11. The van der Waals surface area contributed by atoms with Gasteiger partial charge in [0, 0.05) is 13.2 Å². The van der Waals surface area contributed by atoms with Gasteiger partial charge in [0.2, 0.25) is 0 Å². The molecule has 0 saturated carbocycles. The largest absolute Gasteiger partial charge is 0.381 e. The van der Waals surface area contributed by atoms with Gasteiger partial charge in [-0.2, -0.15) is 0 Å². The molecule has 1 heterocycles. The predicted molar refractivity (Wildman–Crippen MR) is 37.5 cm³/mol. The van der Waals surface area contributed by atoms with Crippen LogP contribution in [0, 0.1) is 5.92 Å². The minimum absolute atomic E-state index is 0.792.